The molecule has 0 bridgehead atoms. The molecule has 0 saturated carbocycles. The molecule has 0 radical (unpaired) electrons. The van der Waals surface area contributed by atoms with Crippen LogP contribution >= 0.6 is 0 Å². The van der Waals surface area contributed by atoms with Crippen LogP contribution in [0.15, 0.2) is 54.9 Å². The molecule has 0 unspecified atom stereocenters. The number of benzene rings is 2. The second-order valence-electron chi connectivity index (χ2n) is 6.00. The molecule has 2 N–H and O–H groups in total. The average Bonchev–Trinajstić information content (AvgIpc) is 2.74. The summed E-state index contributed by atoms with van der Waals surface area (Å²) in [7, 11) is 4.92. The second-order valence-corrected chi connectivity index (χ2v) is 6.00. The maximum absolute atomic E-state index is 5.39. The summed E-state index contributed by atoms with van der Waals surface area (Å²) in [5.74, 6) is 3.70. The first kappa shape index (κ1) is 19.3. The Bertz CT molecular complexity index is 900. The van der Waals surface area contributed by atoms with Crippen molar-refractivity contribution in [3.8, 4) is 17.2 Å². The van der Waals surface area contributed by atoms with Gasteiger partial charge in [0.15, 0.2) is 0 Å². The van der Waals surface area contributed by atoms with E-state index in [1.165, 1.54) is 11.9 Å². The Kier molecular flexibility index (Phi) is 6.51. The molecular formula is C21H24N4O3. The number of ether oxygens (including phenoxy) is 3. The predicted molar refractivity (Wildman–Crippen MR) is 110 cm³/mol. The molecule has 0 aliphatic heterocycles. The molecule has 3 aromatic rings. The van der Waals surface area contributed by atoms with E-state index in [-0.39, 0.29) is 0 Å². The first-order valence-electron chi connectivity index (χ1n) is 8.89. The highest BCUT2D eigenvalue weighted by Gasteiger charge is 2.07. The molecule has 0 atom stereocenters. The van der Waals surface area contributed by atoms with Crippen LogP contribution in [0.5, 0.6) is 17.2 Å². The van der Waals surface area contributed by atoms with Crippen LogP contribution in [0, 0.1) is 0 Å². The standard InChI is InChI=1S/C21H24N4O3/c1-26-16-6-4-15(5-7-16)10-11-22-20-13-21(24-14-23-20)25-18-12-17(27-2)8-9-19(18)28-3/h4-9,12-14H,10-11H2,1-3H3,(H2,22,23,24,25). The zero-order chi connectivity index (χ0) is 19.8. The lowest BCUT2D eigenvalue weighted by atomic mass is 10.1. The third-order valence-corrected chi connectivity index (χ3v) is 4.22. The van der Waals surface area contributed by atoms with E-state index in [2.05, 4.69) is 32.7 Å². The molecule has 1 heterocycles. The van der Waals surface area contributed by atoms with E-state index in [0.29, 0.717) is 11.6 Å². The third-order valence-electron chi connectivity index (χ3n) is 4.22. The van der Waals surface area contributed by atoms with Crippen molar-refractivity contribution in [3.05, 3.63) is 60.4 Å². The van der Waals surface area contributed by atoms with E-state index < -0.39 is 0 Å². The fourth-order valence-electron chi connectivity index (χ4n) is 2.70. The van der Waals surface area contributed by atoms with Crippen LogP contribution in [0.25, 0.3) is 0 Å². The van der Waals surface area contributed by atoms with Gasteiger partial charge in [-0.05, 0) is 36.2 Å². The number of aromatic nitrogens is 2. The van der Waals surface area contributed by atoms with Crippen molar-refractivity contribution < 1.29 is 14.2 Å². The Morgan fingerprint density at radius 1 is 0.786 bits per heavy atom. The summed E-state index contributed by atoms with van der Waals surface area (Å²) in [6, 6.07) is 15.4. The van der Waals surface area contributed by atoms with Gasteiger partial charge in [0, 0.05) is 18.7 Å². The van der Waals surface area contributed by atoms with Gasteiger partial charge in [0.2, 0.25) is 0 Å². The molecule has 7 nitrogen and oxygen atoms in total. The number of rotatable bonds is 9. The Hall–Kier alpha value is -3.48. The van der Waals surface area contributed by atoms with Gasteiger partial charge in [-0.15, -0.1) is 0 Å². The summed E-state index contributed by atoms with van der Waals surface area (Å²) in [5.41, 5.74) is 1.99. The highest BCUT2D eigenvalue weighted by Crippen LogP contribution is 2.31. The van der Waals surface area contributed by atoms with Crippen LogP contribution in [-0.2, 0) is 6.42 Å². The molecule has 7 heteroatoms. The average molecular weight is 380 g/mol. The van der Waals surface area contributed by atoms with E-state index >= 15 is 0 Å². The quantitative estimate of drug-likeness (QED) is 0.583. The maximum Gasteiger partial charge on any atom is 0.142 e. The summed E-state index contributed by atoms with van der Waals surface area (Å²) in [6.07, 6.45) is 2.39. The van der Waals surface area contributed by atoms with Gasteiger partial charge >= 0.3 is 0 Å². The fourth-order valence-corrected chi connectivity index (χ4v) is 2.70. The van der Waals surface area contributed by atoms with E-state index in [0.717, 1.165) is 36.0 Å². The molecule has 0 saturated heterocycles. The monoisotopic (exact) mass is 380 g/mol. The molecule has 0 fully saturated rings. The van der Waals surface area contributed by atoms with Crippen molar-refractivity contribution in [2.24, 2.45) is 0 Å². The topological polar surface area (TPSA) is 77.5 Å². The first-order chi connectivity index (χ1) is 13.7. The molecule has 0 spiro atoms. The van der Waals surface area contributed by atoms with E-state index in [9.17, 15) is 0 Å². The van der Waals surface area contributed by atoms with Crippen molar-refractivity contribution in [3.63, 3.8) is 0 Å². The van der Waals surface area contributed by atoms with Gasteiger partial charge in [-0.3, -0.25) is 0 Å². The second kappa shape index (κ2) is 9.45. The van der Waals surface area contributed by atoms with Gasteiger partial charge in [0.05, 0.1) is 27.0 Å². The van der Waals surface area contributed by atoms with Crippen molar-refractivity contribution in [2.75, 3.05) is 38.5 Å². The Morgan fingerprint density at radius 3 is 2.21 bits per heavy atom. The van der Waals surface area contributed by atoms with E-state index in [1.54, 1.807) is 21.3 Å². The number of hydrogen-bond donors (Lipinski definition) is 2. The maximum atomic E-state index is 5.39. The van der Waals surface area contributed by atoms with E-state index in [4.69, 9.17) is 14.2 Å². The lowest BCUT2D eigenvalue weighted by Gasteiger charge is -2.13. The van der Waals surface area contributed by atoms with Gasteiger partial charge in [0.1, 0.15) is 35.2 Å². The van der Waals surface area contributed by atoms with Crippen LogP contribution in [0.3, 0.4) is 0 Å². The van der Waals surface area contributed by atoms with Gasteiger partial charge in [-0.2, -0.15) is 0 Å². The molecule has 3 rings (SSSR count). The summed E-state index contributed by atoms with van der Waals surface area (Å²) in [5, 5.41) is 6.57. The van der Waals surface area contributed by atoms with Crippen LogP contribution in [0.1, 0.15) is 5.56 Å². The van der Waals surface area contributed by atoms with Gasteiger partial charge in [-0.25, -0.2) is 9.97 Å². The van der Waals surface area contributed by atoms with Gasteiger partial charge in [0.25, 0.3) is 0 Å². The molecule has 28 heavy (non-hydrogen) atoms. The molecular weight excluding hydrogens is 356 g/mol. The number of nitrogens with zero attached hydrogens (tertiary/aromatic N) is 2. The number of nitrogens with one attached hydrogen (secondary N) is 2. The largest absolute Gasteiger partial charge is 0.497 e. The molecule has 2 aromatic carbocycles. The normalized spacial score (nSPS) is 10.2. The zero-order valence-electron chi connectivity index (χ0n) is 16.2. The molecule has 1 aromatic heterocycles. The van der Waals surface area contributed by atoms with Gasteiger partial charge < -0.3 is 24.8 Å². The minimum absolute atomic E-state index is 0.661. The summed E-state index contributed by atoms with van der Waals surface area (Å²) in [4.78, 5) is 8.56. The number of methoxy groups -OCH3 is 3. The van der Waals surface area contributed by atoms with Crippen molar-refractivity contribution in [1.82, 2.24) is 9.97 Å². The Balaban J connectivity index is 1.62. The Labute approximate surface area is 164 Å². The van der Waals surface area contributed by atoms with Crippen LogP contribution in [0.4, 0.5) is 17.3 Å². The lowest BCUT2D eigenvalue weighted by molar-refractivity contribution is 0.405. The van der Waals surface area contributed by atoms with Crippen LogP contribution in [-0.4, -0.2) is 37.8 Å². The van der Waals surface area contributed by atoms with Crippen molar-refractivity contribution in [2.45, 2.75) is 6.42 Å². The fraction of sp³-hybridized carbons (Fsp3) is 0.238. The highest BCUT2D eigenvalue weighted by atomic mass is 16.5. The summed E-state index contributed by atoms with van der Waals surface area (Å²) >= 11 is 0. The number of hydrogen-bond acceptors (Lipinski definition) is 7. The smallest absolute Gasteiger partial charge is 0.142 e. The van der Waals surface area contributed by atoms with Gasteiger partial charge in [-0.1, -0.05) is 12.1 Å². The van der Waals surface area contributed by atoms with E-state index in [1.807, 2.05) is 36.4 Å². The minimum atomic E-state index is 0.661. The third kappa shape index (κ3) is 5.03. The summed E-state index contributed by atoms with van der Waals surface area (Å²) in [6.45, 7) is 0.755. The van der Waals surface area contributed by atoms with Crippen LogP contribution < -0.4 is 24.8 Å². The molecule has 0 amide bonds. The SMILES string of the molecule is COc1ccc(CCNc2cc(Nc3cc(OC)ccc3OC)ncn2)cc1. The lowest BCUT2D eigenvalue weighted by Crippen LogP contribution is -2.07. The highest BCUT2D eigenvalue weighted by molar-refractivity contribution is 5.67. The number of anilines is 3. The first-order valence-corrected chi connectivity index (χ1v) is 8.89. The van der Waals surface area contributed by atoms with Crippen molar-refractivity contribution in [1.29, 1.82) is 0 Å². The predicted octanol–water partition coefficient (Wildman–Crippen LogP) is 3.90. The molecule has 146 valence electrons. The zero-order valence-corrected chi connectivity index (χ0v) is 16.2. The van der Waals surface area contributed by atoms with Crippen molar-refractivity contribution >= 4 is 17.3 Å². The molecule has 0 aliphatic carbocycles. The molecule has 0 aliphatic rings. The summed E-state index contributed by atoms with van der Waals surface area (Å²) < 4.78 is 15.8. The Morgan fingerprint density at radius 2 is 1.50 bits per heavy atom. The van der Waals surface area contributed by atoms with Crippen LogP contribution in [0.2, 0.25) is 0 Å². The minimum Gasteiger partial charge on any atom is -0.497 e.